The van der Waals surface area contributed by atoms with E-state index in [0.29, 0.717) is 28.6 Å². The molecule has 0 unspecified atom stereocenters. The Hall–Kier alpha value is -0.850. The summed E-state index contributed by atoms with van der Waals surface area (Å²) in [6, 6.07) is 2.28. The predicted molar refractivity (Wildman–Crippen MR) is 130 cm³/mol. The van der Waals surface area contributed by atoms with Crippen LogP contribution in [-0.4, -0.2) is 21.9 Å². The first-order chi connectivity index (χ1) is 14.8. The van der Waals surface area contributed by atoms with E-state index in [2.05, 4.69) is 32.9 Å². The molecule has 4 aliphatic carbocycles. The zero-order chi connectivity index (χ0) is 23.5. The average molecular weight is 442 g/mol. The topological polar surface area (TPSA) is 64.2 Å². The van der Waals surface area contributed by atoms with Gasteiger partial charge >= 0.3 is 0 Å². The number of hydrogen-bond acceptors (Lipinski definition) is 3. The van der Waals surface area contributed by atoms with Crippen LogP contribution in [0.2, 0.25) is 0 Å². The van der Waals surface area contributed by atoms with Gasteiger partial charge in [-0.3, -0.25) is 0 Å². The molecule has 0 saturated heterocycles. The molecule has 0 radical (unpaired) electrons. The van der Waals surface area contributed by atoms with Gasteiger partial charge in [0, 0.05) is 0 Å². The maximum atomic E-state index is 10.7. The lowest BCUT2D eigenvalue weighted by Gasteiger charge is -2.58. The van der Waals surface area contributed by atoms with Gasteiger partial charge in [0.1, 0.15) is 0 Å². The van der Waals surface area contributed by atoms with Crippen LogP contribution in [0, 0.1) is 57.2 Å². The number of aliphatic hydroxyl groups is 2. The third-order valence-electron chi connectivity index (χ3n) is 11.1. The molecule has 0 aromatic heterocycles. The third kappa shape index (κ3) is 3.88. The summed E-state index contributed by atoms with van der Waals surface area (Å²) in [6.45, 7) is 13.2. The van der Waals surface area contributed by atoms with E-state index in [0.717, 1.165) is 43.9 Å². The van der Waals surface area contributed by atoms with E-state index >= 15 is 0 Å². The predicted octanol–water partition coefficient (Wildman–Crippen LogP) is 6.64. The van der Waals surface area contributed by atoms with Gasteiger partial charge in [-0.2, -0.15) is 5.26 Å². The van der Waals surface area contributed by atoms with Gasteiger partial charge in [0.05, 0.1) is 23.2 Å². The fourth-order valence-electron chi connectivity index (χ4n) is 8.73. The Morgan fingerprint density at radius 2 is 1.84 bits per heavy atom. The van der Waals surface area contributed by atoms with Gasteiger partial charge in [-0.05, 0) is 125 Å². The number of nitriles is 1. The van der Waals surface area contributed by atoms with Gasteiger partial charge in [-0.15, -0.1) is 0 Å². The highest BCUT2D eigenvalue weighted by Crippen LogP contribution is 2.67. The second-order valence-electron chi connectivity index (χ2n) is 13.6. The van der Waals surface area contributed by atoms with E-state index in [1.165, 1.54) is 32.1 Å². The Bertz CT molecular complexity index is 791. The highest BCUT2D eigenvalue weighted by Gasteiger charge is 2.58. The van der Waals surface area contributed by atoms with E-state index in [1.54, 1.807) is 5.57 Å². The standard InChI is InChI=1S/C29H47NO2/c1-19(7-12-25(31)26(2,3)18-30)22-10-11-23-21-9-8-20-17-27(4,32)15-16-28(20,5)24(21)13-14-29(22,23)6/h13,19-23,25,31-32H,7-12,14-17H2,1-6H3/t19-,20+,21+,22-,23+,25-,27+,28+,29-/m1/s1. The third-order valence-corrected chi connectivity index (χ3v) is 11.1. The van der Waals surface area contributed by atoms with Crippen molar-refractivity contribution in [3.63, 3.8) is 0 Å². The van der Waals surface area contributed by atoms with Crippen molar-refractivity contribution in [1.29, 1.82) is 5.26 Å². The highest BCUT2D eigenvalue weighted by atomic mass is 16.3. The van der Waals surface area contributed by atoms with Gasteiger partial charge in [-0.1, -0.05) is 32.4 Å². The molecule has 180 valence electrons. The normalized spacial score (nSPS) is 45.7. The molecule has 4 rings (SSSR count). The number of allylic oxidation sites excluding steroid dienone is 2. The fourth-order valence-corrected chi connectivity index (χ4v) is 8.73. The number of rotatable bonds is 5. The molecule has 32 heavy (non-hydrogen) atoms. The molecular weight excluding hydrogens is 394 g/mol. The Balaban J connectivity index is 1.49. The molecule has 3 heteroatoms. The van der Waals surface area contributed by atoms with Crippen molar-refractivity contribution < 1.29 is 10.2 Å². The number of hydrogen-bond donors (Lipinski definition) is 2. The summed E-state index contributed by atoms with van der Waals surface area (Å²) in [5.41, 5.74) is 1.28. The van der Waals surface area contributed by atoms with E-state index in [4.69, 9.17) is 0 Å². The summed E-state index contributed by atoms with van der Waals surface area (Å²) in [4.78, 5) is 0. The van der Waals surface area contributed by atoms with Crippen molar-refractivity contribution in [2.24, 2.45) is 45.8 Å². The van der Waals surface area contributed by atoms with Crippen LogP contribution in [-0.2, 0) is 0 Å². The first-order valence-corrected chi connectivity index (χ1v) is 13.4. The smallest absolute Gasteiger partial charge is 0.0776 e. The Labute approximate surface area is 196 Å². The molecule has 2 N–H and O–H groups in total. The van der Waals surface area contributed by atoms with Crippen LogP contribution < -0.4 is 0 Å². The van der Waals surface area contributed by atoms with Gasteiger partial charge in [0.25, 0.3) is 0 Å². The molecule has 9 atom stereocenters. The lowest BCUT2D eigenvalue weighted by Crippen LogP contribution is -2.50. The molecule has 3 saturated carbocycles. The molecule has 0 aliphatic heterocycles. The minimum atomic E-state index is -0.664. The first-order valence-electron chi connectivity index (χ1n) is 13.4. The first kappa shape index (κ1) is 24.3. The van der Waals surface area contributed by atoms with Crippen molar-refractivity contribution in [3.8, 4) is 6.07 Å². The van der Waals surface area contributed by atoms with Gasteiger partial charge in [0.2, 0.25) is 0 Å². The molecule has 0 heterocycles. The molecule has 4 aliphatic rings. The number of nitrogens with zero attached hydrogens (tertiary/aromatic N) is 1. The zero-order valence-electron chi connectivity index (χ0n) is 21.5. The van der Waals surface area contributed by atoms with Gasteiger partial charge in [-0.25, -0.2) is 0 Å². The second-order valence-corrected chi connectivity index (χ2v) is 13.6. The molecule has 3 fully saturated rings. The summed E-state index contributed by atoms with van der Waals surface area (Å²) < 4.78 is 0. The fraction of sp³-hybridized carbons (Fsp3) is 0.897. The maximum absolute atomic E-state index is 10.7. The van der Waals surface area contributed by atoms with Crippen LogP contribution in [0.5, 0.6) is 0 Å². The van der Waals surface area contributed by atoms with Crippen LogP contribution >= 0.6 is 0 Å². The summed E-state index contributed by atoms with van der Waals surface area (Å²) in [6.07, 6.45) is 13.3. The van der Waals surface area contributed by atoms with Gasteiger partial charge < -0.3 is 10.2 Å². The summed E-state index contributed by atoms with van der Waals surface area (Å²) in [7, 11) is 0. The summed E-state index contributed by atoms with van der Waals surface area (Å²) >= 11 is 0. The van der Waals surface area contributed by atoms with Crippen molar-refractivity contribution in [1.82, 2.24) is 0 Å². The van der Waals surface area contributed by atoms with Crippen molar-refractivity contribution in [2.45, 2.75) is 117 Å². The molecule has 0 spiro atoms. The summed E-state index contributed by atoms with van der Waals surface area (Å²) in [5, 5.41) is 30.6. The molecule has 3 nitrogen and oxygen atoms in total. The van der Waals surface area contributed by atoms with Crippen LogP contribution in [0.3, 0.4) is 0 Å². The van der Waals surface area contributed by atoms with Crippen LogP contribution in [0.15, 0.2) is 11.6 Å². The largest absolute Gasteiger partial charge is 0.391 e. The zero-order valence-corrected chi connectivity index (χ0v) is 21.5. The van der Waals surface area contributed by atoms with Crippen LogP contribution in [0.25, 0.3) is 0 Å². The van der Waals surface area contributed by atoms with E-state index in [1.807, 2.05) is 20.8 Å². The van der Waals surface area contributed by atoms with E-state index in [-0.39, 0.29) is 0 Å². The second kappa shape index (κ2) is 8.13. The molecule has 0 amide bonds. The van der Waals surface area contributed by atoms with Crippen molar-refractivity contribution in [2.75, 3.05) is 0 Å². The van der Waals surface area contributed by atoms with Crippen LogP contribution in [0.1, 0.15) is 106 Å². The monoisotopic (exact) mass is 441 g/mol. The van der Waals surface area contributed by atoms with Crippen molar-refractivity contribution >= 4 is 0 Å². The van der Waals surface area contributed by atoms with E-state index in [9.17, 15) is 15.5 Å². The quantitative estimate of drug-likeness (QED) is 0.470. The SMILES string of the molecule is C[C@H](CC[C@@H](O)C(C)(C)C#N)[C@H]1CC[C@H]2[C@@H]3CC[C@H]4C[C@@](C)(O)CC[C@]4(C)C3=CC[C@]12C. The van der Waals surface area contributed by atoms with Crippen LogP contribution in [0.4, 0.5) is 0 Å². The lowest BCUT2D eigenvalue weighted by atomic mass is 9.47. The molecule has 0 bridgehead atoms. The maximum Gasteiger partial charge on any atom is 0.0776 e. The minimum absolute atomic E-state index is 0.295. The Morgan fingerprint density at radius 3 is 2.53 bits per heavy atom. The average Bonchev–Trinajstić information content (AvgIpc) is 3.09. The molecular formula is C29H47NO2. The highest BCUT2D eigenvalue weighted by molar-refractivity contribution is 5.29. The molecule has 0 aromatic rings. The Morgan fingerprint density at radius 1 is 1.12 bits per heavy atom. The van der Waals surface area contributed by atoms with E-state index < -0.39 is 17.1 Å². The lowest BCUT2D eigenvalue weighted by molar-refractivity contribution is -0.0648. The summed E-state index contributed by atoms with van der Waals surface area (Å²) in [5.74, 6) is 3.45. The number of aliphatic hydroxyl groups excluding tert-OH is 1. The minimum Gasteiger partial charge on any atom is -0.391 e. The number of fused-ring (bicyclic) bond motifs is 5. The molecule has 0 aromatic carbocycles. The van der Waals surface area contributed by atoms with Gasteiger partial charge in [0.15, 0.2) is 0 Å². The van der Waals surface area contributed by atoms with Crippen molar-refractivity contribution in [3.05, 3.63) is 11.6 Å². The Kier molecular flexibility index (Phi) is 6.17.